The topological polar surface area (TPSA) is 66.8 Å². The molecular formula is C8H12O4. The van der Waals surface area contributed by atoms with Crippen molar-refractivity contribution in [1.29, 1.82) is 0 Å². The monoisotopic (exact) mass is 172 g/mol. The van der Waals surface area contributed by atoms with Crippen LogP contribution in [0.4, 0.5) is 0 Å². The summed E-state index contributed by atoms with van der Waals surface area (Å²) in [6, 6.07) is 0. The summed E-state index contributed by atoms with van der Waals surface area (Å²) in [5.74, 6) is -2.03. The SMILES string of the molecule is COC(=O)C1=CCC(O)(O)CC1. The summed E-state index contributed by atoms with van der Waals surface area (Å²) in [5, 5.41) is 18.2. The van der Waals surface area contributed by atoms with E-state index in [0.717, 1.165) is 0 Å². The molecule has 0 saturated carbocycles. The van der Waals surface area contributed by atoms with Gasteiger partial charge in [-0.15, -0.1) is 0 Å². The van der Waals surface area contributed by atoms with Crippen molar-refractivity contribution >= 4 is 5.97 Å². The summed E-state index contributed by atoms with van der Waals surface area (Å²) < 4.78 is 4.49. The zero-order chi connectivity index (χ0) is 9.19. The van der Waals surface area contributed by atoms with E-state index in [1.165, 1.54) is 13.2 Å². The lowest BCUT2D eigenvalue weighted by Gasteiger charge is -2.24. The molecule has 2 N–H and O–H groups in total. The molecule has 1 aliphatic rings. The van der Waals surface area contributed by atoms with E-state index in [1.807, 2.05) is 0 Å². The van der Waals surface area contributed by atoms with Crippen LogP contribution in [-0.4, -0.2) is 29.1 Å². The van der Waals surface area contributed by atoms with Gasteiger partial charge in [0.05, 0.1) is 7.11 Å². The van der Waals surface area contributed by atoms with E-state index in [2.05, 4.69) is 4.74 Å². The molecule has 68 valence electrons. The van der Waals surface area contributed by atoms with Crippen LogP contribution in [0.3, 0.4) is 0 Å². The molecule has 0 saturated heterocycles. The molecule has 1 rings (SSSR count). The van der Waals surface area contributed by atoms with Gasteiger partial charge in [0.1, 0.15) is 0 Å². The molecule has 0 fully saturated rings. The van der Waals surface area contributed by atoms with Crippen molar-refractivity contribution in [2.24, 2.45) is 0 Å². The number of methoxy groups -OCH3 is 1. The number of carbonyl (C=O) groups excluding carboxylic acids is 1. The lowest BCUT2D eigenvalue weighted by molar-refractivity contribution is -0.165. The quantitative estimate of drug-likeness (QED) is 0.430. The lowest BCUT2D eigenvalue weighted by Crippen LogP contribution is -2.30. The van der Waals surface area contributed by atoms with Crippen LogP contribution >= 0.6 is 0 Å². The zero-order valence-electron chi connectivity index (χ0n) is 6.91. The maximum Gasteiger partial charge on any atom is 0.333 e. The first-order chi connectivity index (χ1) is 5.55. The summed E-state index contributed by atoms with van der Waals surface area (Å²) in [6.07, 6.45) is 2.15. The third kappa shape index (κ3) is 2.06. The number of esters is 1. The fraction of sp³-hybridized carbons (Fsp3) is 0.625. The van der Waals surface area contributed by atoms with Gasteiger partial charge < -0.3 is 14.9 Å². The van der Waals surface area contributed by atoms with E-state index in [0.29, 0.717) is 12.0 Å². The van der Waals surface area contributed by atoms with Crippen LogP contribution in [-0.2, 0) is 9.53 Å². The van der Waals surface area contributed by atoms with Crippen molar-refractivity contribution in [3.8, 4) is 0 Å². The van der Waals surface area contributed by atoms with Crippen LogP contribution in [0.25, 0.3) is 0 Å². The standard InChI is InChI=1S/C8H12O4/c1-12-7(9)6-2-4-8(10,11)5-3-6/h2,10-11H,3-5H2,1H3. The van der Waals surface area contributed by atoms with Crippen LogP contribution in [0.2, 0.25) is 0 Å². The van der Waals surface area contributed by atoms with E-state index in [4.69, 9.17) is 10.2 Å². The highest BCUT2D eigenvalue weighted by Gasteiger charge is 2.28. The molecule has 0 spiro atoms. The molecular weight excluding hydrogens is 160 g/mol. The Morgan fingerprint density at radius 1 is 1.67 bits per heavy atom. The highest BCUT2D eigenvalue weighted by atomic mass is 16.5. The van der Waals surface area contributed by atoms with Crippen molar-refractivity contribution in [3.63, 3.8) is 0 Å². The Hall–Kier alpha value is -0.870. The van der Waals surface area contributed by atoms with E-state index >= 15 is 0 Å². The molecule has 0 atom stereocenters. The maximum absolute atomic E-state index is 10.9. The second kappa shape index (κ2) is 3.25. The number of aliphatic hydroxyl groups is 2. The van der Waals surface area contributed by atoms with Gasteiger partial charge in [-0.25, -0.2) is 4.79 Å². The van der Waals surface area contributed by atoms with Crippen LogP contribution in [0.15, 0.2) is 11.6 Å². The molecule has 0 amide bonds. The normalized spacial score (nSPS) is 21.4. The van der Waals surface area contributed by atoms with Crippen LogP contribution in [0.5, 0.6) is 0 Å². The Bertz CT molecular complexity index is 217. The van der Waals surface area contributed by atoms with Gasteiger partial charge in [-0.2, -0.15) is 0 Å². The summed E-state index contributed by atoms with van der Waals surface area (Å²) >= 11 is 0. The van der Waals surface area contributed by atoms with Gasteiger partial charge in [0.2, 0.25) is 0 Å². The van der Waals surface area contributed by atoms with Crippen LogP contribution < -0.4 is 0 Å². The van der Waals surface area contributed by atoms with Gasteiger partial charge in [-0.3, -0.25) is 0 Å². The number of hydrogen-bond donors (Lipinski definition) is 2. The van der Waals surface area contributed by atoms with Gasteiger partial charge in [0.15, 0.2) is 5.79 Å². The predicted molar refractivity (Wildman–Crippen MR) is 41.1 cm³/mol. The first-order valence-corrected chi connectivity index (χ1v) is 3.77. The molecule has 0 bridgehead atoms. The Morgan fingerprint density at radius 2 is 2.33 bits per heavy atom. The highest BCUT2D eigenvalue weighted by molar-refractivity contribution is 5.88. The van der Waals surface area contributed by atoms with Crippen molar-refractivity contribution in [3.05, 3.63) is 11.6 Å². The number of hydrogen-bond acceptors (Lipinski definition) is 4. The van der Waals surface area contributed by atoms with Crippen LogP contribution in [0.1, 0.15) is 19.3 Å². The fourth-order valence-corrected chi connectivity index (χ4v) is 1.14. The summed E-state index contributed by atoms with van der Waals surface area (Å²) in [6.45, 7) is 0. The van der Waals surface area contributed by atoms with E-state index < -0.39 is 5.79 Å². The number of ether oxygens (including phenoxy) is 1. The minimum Gasteiger partial charge on any atom is -0.466 e. The molecule has 0 heterocycles. The zero-order valence-corrected chi connectivity index (χ0v) is 6.91. The fourth-order valence-electron chi connectivity index (χ4n) is 1.14. The number of rotatable bonds is 1. The van der Waals surface area contributed by atoms with Crippen molar-refractivity contribution in [2.75, 3.05) is 7.11 Å². The Morgan fingerprint density at radius 3 is 2.75 bits per heavy atom. The number of carbonyl (C=O) groups is 1. The Balaban J connectivity index is 2.62. The molecule has 1 aliphatic carbocycles. The smallest absolute Gasteiger partial charge is 0.333 e. The van der Waals surface area contributed by atoms with Gasteiger partial charge in [-0.05, 0) is 6.42 Å². The third-order valence-corrected chi connectivity index (χ3v) is 1.92. The van der Waals surface area contributed by atoms with Gasteiger partial charge in [0, 0.05) is 18.4 Å². The van der Waals surface area contributed by atoms with Gasteiger partial charge in [-0.1, -0.05) is 6.08 Å². The predicted octanol–water partition coefficient (Wildman–Crippen LogP) is -0.0494. The lowest BCUT2D eigenvalue weighted by atomic mass is 9.94. The molecule has 0 radical (unpaired) electrons. The Labute approximate surface area is 70.5 Å². The first kappa shape index (κ1) is 9.22. The minimum atomic E-state index is -1.64. The third-order valence-electron chi connectivity index (χ3n) is 1.92. The molecule has 12 heavy (non-hydrogen) atoms. The Kier molecular flexibility index (Phi) is 2.49. The van der Waals surface area contributed by atoms with Gasteiger partial charge >= 0.3 is 5.97 Å². The summed E-state index contributed by atoms with van der Waals surface area (Å²) in [7, 11) is 1.31. The average molecular weight is 172 g/mol. The molecule has 4 heteroatoms. The largest absolute Gasteiger partial charge is 0.466 e. The summed E-state index contributed by atoms with van der Waals surface area (Å²) in [4.78, 5) is 10.9. The second-order valence-corrected chi connectivity index (χ2v) is 2.91. The second-order valence-electron chi connectivity index (χ2n) is 2.91. The molecule has 0 aliphatic heterocycles. The van der Waals surface area contributed by atoms with Crippen LogP contribution in [0, 0.1) is 0 Å². The molecule has 0 aromatic heterocycles. The maximum atomic E-state index is 10.9. The highest BCUT2D eigenvalue weighted by Crippen LogP contribution is 2.25. The molecule has 0 aromatic carbocycles. The van der Waals surface area contributed by atoms with Gasteiger partial charge in [0.25, 0.3) is 0 Å². The van der Waals surface area contributed by atoms with E-state index in [-0.39, 0.29) is 18.8 Å². The molecule has 0 unspecified atom stereocenters. The average Bonchev–Trinajstić information content (AvgIpc) is 2.03. The van der Waals surface area contributed by atoms with E-state index in [9.17, 15) is 4.79 Å². The van der Waals surface area contributed by atoms with Crippen molar-refractivity contribution in [1.82, 2.24) is 0 Å². The molecule has 0 aromatic rings. The minimum absolute atomic E-state index is 0.0947. The van der Waals surface area contributed by atoms with E-state index in [1.54, 1.807) is 0 Å². The summed E-state index contributed by atoms with van der Waals surface area (Å²) in [5.41, 5.74) is 0.524. The van der Waals surface area contributed by atoms with Crippen molar-refractivity contribution < 1.29 is 19.7 Å². The molecule has 4 nitrogen and oxygen atoms in total. The van der Waals surface area contributed by atoms with Crippen molar-refractivity contribution in [2.45, 2.75) is 25.0 Å². The first-order valence-electron chi connectivity index (χ1n) is 3.77.